The molecule has 0 N–H and O–H groups in total. The third-order valence-corrected chi connectivity index (χ3v) is 5.17. The van der Waals surface area contributed by atoms with Gasteiger partial charge in [0.25, 0.3) is 5.91 Å². The number of aromatic nitrogens is 1. The average molecular weight is 444 g/mol. The number of carbonyl (C=O) groups excluding carboxylic acids is 1. The second kappa shape index (κ2) is 7.42. The van der Waals surface area contributed by atoms with Gasteiger partial charge in [0, 0.05) is 10.0 Å². The Hall–Kier alpha value is -2.84. The van der Waals surface area contributed by atoms with Crippen molar-refractivity contribution < 1.29 is 13.6 Å². The van der Waals surface area contributed by atoms with E-state index in [1.807, 2.05) is 0 Å². The van der Waals surface area contributed by atoms with Gasteiger partial charge < -0.3 is 4.42 Å². The fraction of sp³-hybridized carbons (Fsp3) is 0. The second-order valence-corrected chi connectivity index (χ2v) is 7.42. The lowest BCUT2D eigenvalue weighted by atomic mass is 10.2. The molecule has 0 aliphatic rings. The summed E-state index contributed by atoms with van der Waals surface area (Å²) in [5.74, 6) is -0.219. The first-order chi connectivity index (χ1) is 13.1. The van der Waals surface area contributed by atoms with Gasteiger partial charge in [-0.3, -0.25) is 4.79 Å². The molecule has 0 bridgehead atoms. The van der Waals surface area contributed by atoms with Crippen molar-refractivity contribution in [2.45, 2.75) is 0 Å². The predicted molar refractivity (Wildman–Crippen MR) is 107 cm³/mol. The van der Waals surface area contributed by atoms with Crippen LogP contribution in [0.1, 0.15) is 16.1 Å². The molecule has 1 amide bonds. The summed E-state index contributed by atoms with van der Waals surface area (Å²) in [6.45, 7) is 0. The topological polar surface area (TPSA) is 58.7 Å². The highest BCUT2D eigenvalue weighted by atomic mass is 79.9. The lowest BCUT2D eigenvalue weighted by molar-refractivity contribution is 0.0988. The van der Waals surface area contributed by atoms with Crippen molar-refractivity contribution in [2.24, 2.45) is 5.10 Å². The molecule has 8 heteroatoms. The Morgan fingerprint density at radius 2 is 2.04 bits per heavy atom. The maximum Gasteiger partial charge on any atom is 0.280 e. The second-order valence-electron chi connectivity index (χ2n) is 5.49. The van der Waals surface area contributed by atoms with E-state index in [-0.39, 0.29) is 11.7 Å². The summed E-state index contributed by atoms with van der Waals surface area (Å²) in [6, 6.07) is 14.7. The van der Waals surface area contributed by atoms with E-state index < -0.39 is 0 Å². The fourth-order valence-corrected chi connectivity index (χ4v) is 3.57. The van der Waals surface area contributed by atoms with E-state index in [1.165, 1.54) is 41.0 Å². The highest BCUT2D eigenvalue weighted by Gasteiger charge is 2.21. The lowest BCUT2D eigenvalue weighted by Gasteiger charge is -2.13. The Balaban J connectivity index is 1.76. The molecule has 5 nitrogen and oxygen atoms in total. The number of fused-ring (bicyclic) bond motifs is 1. The van der Waals surface area contributed by atoms with Gasteiger partial charge in [-0.25, -0.2) is 9.37 Å². The van der Waals surface area contributed by atoms with Crippen molar-refractivity contribution in [3.63, 3.8) is 0 Å². The average Bonchev–Trinajstić information content (AvgIpc) is 3.31. The molecule has 0 aliphatic carbocycles. The van der Waals surface area contributed by atoms with Crippen LogP contribution in [0.5, 0.6) is 0 Å². The molecule has 0 fully saturated rings. The summed E-state index contributed by atoms with van der Waals surface area (Å²) in [4.78, 5) is 17.4. The van der Waals surface area contributed by atoms with E-state index in [1.54, 1.807) is 42.5 Å². The molecule has 27 heavy (non-hydrogen) atoms. The van der Waals surface area contributed by atoms with Crippen molar-refractivity contribution >= 4 is 54.7 Å². The van der Waals surface area contributed by atoms with E-state index in [9.17, 15) is 9.18 Å². The first kappa shape index (κ1) is 17.6. The van der Waals surface area contributed by atoms with Gasteiger partial charge in [0.2, 0.25) is 5.13 Å². The smallest absolute Gasteiger partial charge is 0.280 e. The fourth-order valence-electron chi connectivity index (χ4n) is 2.36. The maximum absolute atomic E-state index is 13.5. The summed E-state index contributed by atoms with van der Waals surface area (Å²) >= 11 is 4.53. The number of hydrogen-bond acceptors (Lipinski definition) is 5. The molecule has 0 radical (unpaired) electrons. The van der Waals surface area contributed by atoms with Gasteiger partial charge in [0.15, 0.2) is 0 Å². The minimum absolute atomic E-state index is 0.339. The number of halogens is 2. The van der Waals surface area contributed by atoms with Crippen LogP contribution in [-0.4, -0.2) is 17.1 Å². The monoisotopic (exact) mass is 443 g/mol. The highest BCUT2D eigenvalue weighted by Crippen LogP contribution is 2.30. The van der Waals surface area contributed by atoms with Crippen molar-refractivity contribution in [2.75, 3.05) is 5.01 Å². The molecular weight excluding hydrogens is 433 g/mol. The Bertz CT molecular complexity index is 1120. The van der Waals surface area contributed by atoms with Crippen molar-refractivity contribution in [1.29, 1.82) is 0 Å². The van der Waals surface area contributed by atoms with Gasteiger partial charge in [-0.2, -0.15) is 10.1 Å². The first-order valence-electron chi connectivity index (χ1n) is 7.84. The van der Waals surface area contributed by atoms with Crippen LogP contribution >= 0.6 is 27.3 Å². The molecule has 134 valence electrons. The number of hydrazone groups is 1. The lowest BCUT2D eigenvalue weighted by Crippen LogP contribution is -2.25. The van der Waals surface area contributed by atoms with Crippen LogP contribution in [0.2, 0.25) is 0 Å². The highest BCUT2D eigenvalue weighted by molar-refractivity contribution is 9.10. The van der Waals surface area contributed by atoms with Crippen molar-refractivity contribution in [1.82, 2.24) is 4.98 Å². The number of thiazole rings is 1. The summed E-state index contributed by atoms with van der Waals surface area (Å²) in [5.41, 5.74) is 1.04. The van der Waals surface area contributed by atoms with Crippen molar-refractivity contribution in [3.8, 4) is 0 Å². The summed E-state index contributed by atoms with van der Waals surface area (Å²) in [6.07, 6.45) is 2.95. The van der Waals surface area contributed by atoms with Crippen LogP contribution in [0, 0.1) is 5.82 Å². The number of nitrogens with zero attached hydrogens (tertiary/aromatic N) is 3. The van der Waals surface area contributed by atoms with Gasteiger partial charge in [0.05, 0.1) is 22.7 Å². The van der Waals surface area contributed by atoms with E-state index in [2.05, 4.69) is 26.0 Å². The van der Waals surface area contributed by atoms with Crippen LogP contribution in [0.15, 0.2) is 74.9 Å². The van der Waals surface area contributed by atoms with E-state index >= 15 is 0 Å². The molecule has 0 saturated heterocycles. The zero-order chi connectivity index (χ0) is 18.8. The van der Waals surface area contributed by atoms with Gasteiger partial charge in [-0.1, -0.05) is 27.3 Å². The first-order valence-corrected chi connectivity index (χ1v) is 9.45. The maximum atomic E-state index is 13.5. The normalized spacial score (nSPS) is 11.3. The van der Waals surface area contributed by atoms with E-state index in [4.69, 9.17) is 4.42 Å². The molecule has 2 aromatic carbocycles. The number of hydrogen-bond donors (Lipinski definition) is 0. The number of benzene rings is 2. The van der Waals surface area contributed by atoms with Gasteiger partial charge >= 0.3 is 0 Å². The number of anilines is 1. The van der Waals surface area contributed by atoms with Gasteiger partial charge in [0.1, 0.15) is 11.6 Å². The molecular formula is C19H11BrFN3O2S. The molecule has 2 aromatic heterocycles. The number of rotatable bonds is 4. The van der Waals surface area contributed by atoms with E-state index in [0.717, 1.165) is 4.47 Å². The number of carbonyl (C=O) groups is 1. The third-order valence-electron chi connectivity index (χ3n) is 3.65. The minimum atomic E-state index is -0.359. The zero-order valence-corrected chi connectivity index (χ0v) is 16.1. The Labute approximate surface area is 165 Å². The Morgan fingerprint density at radius 1 is 1.22 bits per heavy atom. The van der Waals surface area contributed by atoms with Crippen LogP contribution in [0.25, 0.3) is 10.2 Å². The summed E-state index contributed by atoms with van der Waals surface area (Å²) in [5, 5.41) is 5.79. The number of amides is 1. The summed E-state index contributed by atoms with van der Waals surface area (Å²) < 4.78 is 20.2. The molecule has 0 spiro atoms. The molecule has 2 heterocycles. The van der Waals surface area contributed by atoms with Crippen LogP contribution in [0.4, 0.5) is 9.52 Å². The third kappa shape index (κ3) is 3.81. The summed E-state index contributed by atoms with van der Waals surface area (Å²) in [7, 11) is 0. The zero-order valence-electron chi connectivity index (χ0n) is 13.7. The largest absolute Gasteiger partial charge is 0.463 e. The van der Waals surface area contributed by atoms with Gasteiger partial charge in [-0.05, 0) is 54.6 Å². The van der Waals surface area contributed by atoms with Crippen LogP contribution < -0.4 is 5.01 Å². The molecule has 0 atom stereocenters. The Kier molecular flexibility index (Phi) is 4.83. The molecule has 0 aliphatic heterocycles. The standard InChI is InChI=1S/C19H11BrFN3O2S/c20-13-5-3-12(4-6-13)18(25)24(22-11-15-2-1-9-26-15)19-23-16-8-7-14(21)10-17(16)27-19/h1-11H/b22-11+. The Morgan fingerprint density at radius 3 is 2.78 bits per heavy atom. The van der Waals surface area contributed by atoms with Crippen LogP contribution in [-0.2, 0) is 0 Å². The SMILES string of the molecule is O=C(c1ccc(Br)cc1)N(/N=C/c1ccco1)c1nc2ccc(F)cc2s1. The molecule has 0 saturated carbocycles. The van der Waals surface area contributed by atoms with E-state index in [0.29, 0.717) is 26.7 Å². The molecule has 4 rings (SSSR count). The number of furan rings is 1. The van der Waals surface area contributed by atoms with Crippen molar-refractivity contribution in [3.05, 3.63) is 82.5 Å². The molecule has 0 unspecified atom stereocenters. The minimum Gasteiger partial charge on any atom is -0.463 e. The molecule has 4 aromatic rings. The predicted octanol–water partition coefficient (Wildman–Crippen LogP) is 5.47. The quantitative estimate of drug-likeness (QED) is 0.310. The van der Waals surface area contributed by atoms with Crippen LogP contribution in [0.3, 0.4) is 0 Å². The van der Waals surface area contributed by atoms with Gasteiger partial charge in [-0.15, -0.1) is 0 Å².